The molecule has 3 aromatic rings. The lowest BCUT2D eigenvalue weighted by Gasteiger charge is -2.35. The molecule has 2 saturated heterocycles. The lowest BCUT2D eigenvalue weighted by Crippen LogP contribution is -2.48. The molecule has 35 heavy (non-hydrogen) atoms. The molecule has 2 aromatic heterocycles. The maximum Gasteiger partial charge on any atom is 0.223 e. The van der Waals surface area contributed by atoms with Crippen LogP contribution in [0.1, 0.15) is 55.3 Å². The van der Waals surface area contributed by atoms with Crippen LogP contribution in [0.2, 0.25) is 0 Å². The molecule has 3 aliphatic rings. The third-order valence-corrected chi connectivity index (χ3v) is 8.15. The second kappa shape index (κ2) is 9.97. The number of hydrogen-bond donors (Lipinski definition) is 1. The molecule has 0 saturated carbocycles. The highest BCUT2D eigenvalue weighted by Gasteiger charge is 2.30. The fraction of sp³-hybridized carbons (Fsp3) is 0.536. The summed E-state index contributed by atoms with van der Waals surface area (Å²) in [6, 6.07) is 11.0. The zero-order valence-electron chi connectivity index (χ0n) is 20.5. The fourth-order valence-corrected chi connectivity index (χ4v) is 6.13. The second-order valence-electron chi connectivity index (χ2n) is 10.5. The molecule has 4 heterocycles. The second-order valence-corrected chi connectivity index (χ2v) is 10.5. The first kappa shape index (κ1) is 22.5. The molecular weight excluding hydrogens is 436 g/mol. The lowest BCUT2D eigenvalue weighted by molar-refractivity contribution is -0.126. The first-order chi connectivity index (χ1) is 17.2. The van der Waals surface area contributed by atoms with Gasteiger partial charge in [0, 0.05) is 62.6 Å². The van der Waals surface area contributed by atoms with Crippen molar-refractivity contribution in [2.45, 2.75) is 64.0 Å². The minimum Gasteiger partial charge on any atom is -0.355 e. The average molecular weight is 473 g/mol. The zero-order chi connectivity index (χ0) is 23.6. The highest BCUT2D eigenvalue weighted by Crippen LogP contribution is 2.32. The molecule has 0 radical (unpaired) electrons. The van der Waals surface area contributed by atoms with E-state index in [0.29, 0.717) is 6.04 Å². The number of aromatic nitrogens is 3. The quantitative estimate of drug-likeness (QED) is 0.615. The summed E-state index contributed by atoms with van der Waals surface area (Å²) in [7, 11) is 0. The van der Waals surface area contributed by atoms with Crippen molar-refractivity contribution in [2.75, 3.05) is 31.1 Å². The van der Waals surface area contributed by atoms with E-state index in [1.807, 2.05) is 16.9 Å². The molecular formula is C28H36N6O. The number of fused-ring (bicyclic) bond motifs is 3. The Kier molecular flexibility index (Phi) is 6.42. The Morgan fingerprint density at radius 1 is 0.971 bits per heavy atom. The molecule has 1 N–H and O–H groups in total. The highest BCUT2D eigenvalue weighted by molar-refractivity contribution is 5.80. The van der Waals surface area contributed by atoms with Crippen LogP contribution in [-0.4, -0.2) is 57.6 Å². The van der Waals surface area contributed by atoms with Crippen molar-refractivity contribution in [1.29, 1.82) is 0 Å². The van der Waals surface area contributed by atoms with E-state index in [2.05, 4.69) is 45.4 Å². The van der Waals surface area contributed by atoms with Crippen molar-refractivity contribution in [3.8, 4) is 0 Å². The summed E-state index contributed by atoms with van der Waals surface area (Å²) >= 11 is 0. The lowest BCUT2D eigenvalue weighted by atomic mass is 9.94. The minimum absolute atomic E-state index is 0.104. The summed E-state index contributed by atoms with van der Waals surface area (Å²) in [6.07, 6.45) is 12.3. The van der Waals surface area contributed by atoms with E-state index in [0.717, 1.165) is 77.1 Å². The topological polar surface area (TPSA) is 65.8 Å². The van der Waals surface area contributed by atoms with Gasteiger partial charge in [-0.1, -0.05) is 30.3 Å². The van der Waals surface area contributed by atoms with Crippen LogP contribution < -0.4 is 10.2 Å². The number of amides is 1. The van der Waals surface area contributed by atoms with Crippen LogP contribution in [0.15, 0.2) is 42.7 Å². The number of nitrogens with one attached hydrogen (secondary N) is 1. The third-order valence-electron chi connectivity index (χ3n) is 8.15. The molecule has 0 bridgehead atoms. The van der Waals surface area contributed by atoms with Gasteiger partial charge in [0.05, 0.1) is 5.69 Å². The van der Waals surface area contributed by atoms with Crippen molar-refractivity contribution in [2.24, 2.45) is 5.92 Å². The number of aryl methyl sites for hydroxylation is 2. The largest absolute Gasteiger partial charge is 0.355 e. The number of hydrogen-bond acceptors (Lipinski definition) is 5. The molecule has 7 nitrogen and oxygen atoms in total. The van der Waals surface area contributed by atoms with Crippen molar-refractivity contribution in [3.63, 3.8) is 0 Å². The van der Waals surface area contributed by atoms with E-state index in [1.165, 1.54) is 35.2 Å². The van der Waals surface area contributed by atoms with Crippen LogP contribution in [0.3, 0.4) is 0 Å². The number of rotatable bonds is 5. The van der Waals surface area contributed by atoms with Crippen molar-refractivity contribution < 1.29 is 4.79 Å². The van der Waals surface area contributed by atoms with Crippen LogP contribution in [0, 0.1) is 5.92 Å². The predicted molar refractivity (Wildman–Crippen MR) is 137 cm³/mol. The molecule has 184 valence electrons. The Morgan fingerprint density at radius 3 is 2.54 bits per heavy atom. The maximum absolute atomic E-state index is 13.1. The summed E-state index contributed by atoms with van der Waals surface area (Å²) in [5.41, 5.74) is 5.18. The van der Waals surface area contributed by atoms with Gasteiger partial charge in [-0.2, -0.15) is 5.10 Å². The standard InChI is InChI=1S/C28H36N6O/c35-28(30-23-12-15-32(16-13-23)20-21-6-2-1-3-7-21)22-10-17-33(18-11-22)27-26-24-8-4-5-9-25(24)31-34(26)19-14-29-27/h1-3,6-7,14,19,22-23H,4-5,8-13,15-18,20H2,(H,30,35). The van der Waals surface area contributed by atoms with Gasteiger partial charge in [-0.3, -0.25) is 9.69 Å². The first-order valence-electron chi connectivity index (χ1n) is 13.4. The van der Waals surface area contributed by atoms with Crippen molar-refractivity contribution in [3.05, 3.63) is 59.5 Å². The third kappa shape index (κ3) is 4.79. The van der Waals surface area contributed by atoms with Gasteiger partial charge < -0.3 is 10.2 Å². The van der Waals surface area contributed by atoms with Crippen molar-refractivity contribution >= 4 is 17.2 Å². The van der Waals surface area contributed by atoms with Gasteiger partial charge in [0.2, 0.25) is 5.91 Å². The molecule has 2 fully saturated rings. The molecule has 7 heteroatoms. The number of likely N-dealkylation sites (tertiary alicyclic amines) is 1. The molecule has 1 aromatic carbocycles. The Hall–Kier alpha value is -2.93. The molecule has 6 rings (SSSR count). The SMILES string of the molecule is O=C(NC1CCN(Cc2ccccc2)CC1)C1CCN(c2nccn3nc4c(c23)CCCC4)CC1. The zero-order valence-corrected chi connectivity index (χ0v) is 20.5. The van der Waals surface area contributed by atoms with Crippen LogP contribution in [0.4, 0.5) is 5.82 Å². The first-order valence-corrected chi connectivity index (χ1v) is 13.4. The Labute approximate surface area is 207 Å². The monoisotopic (exact) mass is 472 g/mol. The Bertz CT molecular complexity index is 1160. The van der Waals surface area contributed by atoms with E-state index in [1.54, 1.807) is 0 Å². The average Bonchev–Trinajstić information content (AvgIpc) is 3.29. The van der Waals surface area contributed by atoms with E-state index in [4.69, 9.17) is 10.1 Å². The van der Waals surface area contributed by atoms with Gasteiger partial charge in [0.15, 0.2) is 5.82 Å². The van der Waals surface area contributed by atoms with Crippen molar-refractivity contribution in [1.82, 2.24) is 24.8 Å². The highest BCUT2D eigenvalue weighted by atomic mass is 16.2. The number of anilines is 1. The summed E-state index contributed by atoms with van der Waals surface area (Å²) in [5, 5.41) is 8.21. The number of benzene rings is 1. The number of piperidine rings is 2. The van der Waals surface area contributed by atoms with Gasteiger partial charge in [-0.25, -0.2) is 9.50 Å². The molecule has 0 unspecified atom stereocenters. The molecule has 0 atom stereocenters. The molecule has 1 aliphatic carbocycles. The van der Waals surface area contributed by atoms with Gasteiger partial charge in [0.25, 0.3) is 0 Å². The Balaban J connectivity index is 1.02. The molecule has 2 aliphatic heterocycles. The summed E-state index contributed by atoms with van der Waals surface area (Å²) in [5.74, 6) is 1.40. The summed E-state index contributed by atoms with van der Waals surface area (Å²) < 4.78 is 2.03. The smallest absolute Gasteiger partial charge is 0.223 e. The van der Waals surface area contributed by atoms with Gasteiger partial charge in [-0.15, -0.1) is 0 Å². The summed E-state index contributed by atoms with van der Waals surface area (Å²) in [4.78, 5) is 22.7. The Morgan fingerprint density at radius 2 is 1.74 bits per heavy atom. The molecule has 1 amide bonds. The van der Waals surface area contributed by atoms with Gasteiger partial charge >= 0.3 is 0 Å². The molecule has 0 spiro atoms. The number of carbonyl (C=O) groups excluding carboxylic acids is 1. The van der Waals surface area contributed by atoms with Gasteiger partial charge in [-0.05, 0) is 56.9 Å². The van der Waals surface area contributed by atoms with Crippen LogP contribution in [0.5, 0.6) is 0 Å². The minimum atomic E-state index is 0.104. The van der Waals surface area contributed by atoms with Crippen LogP contribution in [0.25, 0.3) is 5.52 Å². The van der Waals surface area contributed by atoms with E-state index < -0.39 is 0 Å². The van der Waals surface area contributed by atoms with Crippen LogP contribution >= 0.6 is 0 Å². The number of carbonyl (C=O) groups is 1. The van der Waals surface area contributed by atoms with E-state index in [-0.39, 0.29) is 11.8 Å². The predicted octanol–water partition coefficient (Wildman–Crippen LogP) is 3.61. The fourth-order valence-electron chi connectivity index (χ4n) is 6.13. The van der Waals surface area contributed by atoms with E-state index >= 15 is 0 Å². The normalized spacial score (nSPS) is 20.2. The summed E-state index contributed by atoms with van der Waals surface area (Å²) in [6.45, 7) is 4.84. The van der Waals surface area contributed by atoms with Crippen LogP contribution in [-0.2, 0) is 24.2 Å². The van der Waals surface area contributed by atoms with E-state index in [9.17, 15) is 4.79 Å². The number of nitrogens with zero attached hydrogens (tertiary/aromatic N) is 5. The van der Waals surface area contributed by atoms with Gasteiger partial charge in [0.1, 0.15) is 5.52 Å². The maximum atomic E-state index is 13.1.